The molecule has 0 aliphatic carbocycles. The van der Waals surface area contributed by atoms with Gasteiger partial charge in [-0.15, -0.1) is 0 Å². The number of aromatic hydroxyl groups is 1. The number of phenols is 1. The Labute approximate surface area is 139 Å². The number of aromatic nitrogens is 4. The average molecular weight is 318 g/mol. The number of phenolic OH excluding ortho intramolecular Hbond substituents is 1. The Hall–Kier alpha value is -2.95. The second kappa shape index (κ2) is 5.60. The zero-order valence-electron chi connectivity index (χ0n) is 13.7. The molecule has 24 heavy (non-hydrogen) atoms. The monoisotopic (exact) mass is 318 g/mol. The molecule has 4 rings (SSSR count). The van der Waals surface area contributed by atoms with Crippen molar-refractivity contribution in [3.63, 3.8) is 0 Å². The van der Waals surface area contributed by atoms with E-state index in [0.29, 0.717) is 0 Å². The molecule has 0 saturated heterocycles. The quantitative estimate of drug-likeness (QED) is 0.595. The first-order chi connectivity index (χ1) is 11.7. The number of hydrogen-bond acceptors (Lipinski definition) is 4. The van der Waals surface area contributed by atoms with Gasteiger partial charge in [0.25, 0.3) is 0 Å². The molecule has 0 amide bonds. The van der Waals surface area contributed by atoms with Gasteiger partial charge in [0.2, 0.25) is 0 Å². The second-order valence-electron chi connectivity index (χ2n) is 6.01. The molecule has 0 aliphatic heterocycles. The van der Waals surface area contributed by atoms with E-state index in [1.165, 1.54) is 11.1 Å². The fraction of sp³-hybridized carbons (Fsp3) is 0.211. The minimum atomic E-state index is 0.259. The summed E-state index contributed by atoms with van der Waals surface area (Å²) in [5.74, 6) is 0.259. The van der Waals surface area contributed by atoms with Crippen LogP contribution >= 0.6 is 0 Å². The van der Waals surface area contributed by atoms with E-state index in [9.17, 15) is 5.11 Å². The first kappa shape index (κ1) is 14.6. The molecule has 0 spiro atoms. The van der Waals surface area contributed by atoms with Crippen LogP contribution in [0.5, 0.6) is 5.75 Å². The Kier molecular flexibility index (Phi) is 3.41. The maximum Gasteiger partial charge on any atom is 0.155 e. The van der Waals surface area contributed by atoms with E-state index in [4.69, 9.17) is 4.98 Å². The number of nitrogens with zero attached hydrogens (tertiary/aromatic N) is 3. The highest BCUT2D eigenvalue weighted by atomic mass is 16.3. The highest BCUT2D eigenvalue weighted by Gasteiger charge is 2.16. The van der Waals surface area contributed by atoms with E-state index in [-0.39, 0.29) is 5.75 Å². The minimum absolute atomic E-state index is 0.259. The molecule has 1 aromatic carbocycles. The SMILES string of the molecule is CCCc1c(-c2ccc(O)cc2)nc2cnc3[nH]ncc3c2c1C. The smallest absolute Gasteiger partial charge is 0.155 e. The van der Waals surface area contributed by atoms with Crippen LogP contribution in [0.25, 0.3) is 33.2 Å². The Bertz CT molecular complexity index is 1030. The summed E-state index contributed by atoms with van der Waals surface area (Å²) < 4.78 is 0. The number of aryl methyl sites for hydroxylation is 1. The third kappa shape index (κ3) is 2.21. The molecule has 0 saturated carbocycles. The van der Waals surface area contributed by atoms with E-state index in [0.717, 1.165) is 46.0 Å². The number of rotatable bonds is 3. The molecular formula is C19H18N4O. The topological polar surface area (TPSA) is 74.7 Å². The van der Waals surface area contributed by atoms with E-state index in [1.54, 1.807) is 18.3 Å². The first-order valence-corrected chi connectivity index (χ1v) is 8.09. The minimum Gasteiger partial charge on any atom is -0.508 e. The van der Waals surface area contributed by atoms with Gasteiger partial charge in [-0.25, -0.2) is 9.97 Å². The van der Waals surface area contributed by atoms with Crippen LogP contribution in [0.3, 0.4) is 0 Å². The lowest BCUT2D eigenvalue weighted by Crippen LogP contribution is -2.00. The van der Waals surface area contributed by atoms with E-state index < -0.39 is 0 Å². The second-order valence-corrected chi connectivity index (χ2v) is 6.01. The van der Waals surface area contributed by atoms with Crippen molar-refractivity contribution in [1.82, 2.24) is 20.2 Å². The summed E-state index contributed by atoms with van der Waals surface area (Å²) in [4.78, 5) is 9.31. The van der Waals surface area contributed by atoms with Gasteiger partial charge in [-0.3, -0.25) is 5.10 Å². The summed E-state index contributed by atoms with van der Waals surface area (Å²) >= 11 is 0. The van der Waals surface area contributed by atoms with Gasteiger partial charge in [0, 0.05) is 16.3 Å². The summed E-state index contributed by atoms with van der Waals surface area (Å²) in [5.41, 5.74) is 6.08. The van der Waals surface area contributed by atoms with Gasteiger partial charge in [0.05, 0.1) is 23.6 Å². The van der Waals surface area contributed by atoms with E-state index in [1.807, 2.05) is 18.3 Å². The Morgan fingerprint density at radius 2 is 1.92 bits per heavy atom. The van der Waals surface area contributed by atoms with Gasteiger partial charge in [0.1, 0.15) is 5.75 Å². The van der Waals surface area contributed by atoms with E-state index in [2.05, 4.69) is 29.0 Å². The molecular weight excluding hydrogens is 300 g/mol. The number of nitrogens with one attached hydrogen (secondary N) is 1. The van der Waals surface area contributed by atoms with Crippen LogP contribution in [0.4, 0.5) is 0 Å². The summed E-state index contributed by atoms with van der Waals surface area (Å²) in [6.07, 6.45) is 5.60. The van der Waals surface area contributed by atoms with Crippen molar-refractivity contribution in [2.45, 2.75) is 26.7 Å². The van der Waals surface area contributed by atoms with Gasteiger partial charge < -0.3 is 5.11 Å². The molecule has 2 N–H and O–H groups in total. The van der Waals surface area contributed by atoms with Crippen LogP contribution in [0.15, 0.2) is 36.7 Å². The third-order valence-corrected chi connectivity index (χ3v) is 4.45. The number of fused-ring (bicyclic) bond motifs is 3. The normalized spacial score (nSPS) is 11.4. The zero-order chi connectivity index (χ0) is 16.7. The molecule has 0 atom stereocenters. The van der Waals surface area contributed by atoms with Gasteiger partial charge >= 0.3 is 0 Å². The van der Waals surface area contributed by atoms with Gasteiger partial charge in [0.15, 0.2) is 5.65 Å². The molecule has 5 heteroatoms. The van der Waals surface area contributed by atoms with Gasteiger partial charge in [-0.2, -0.15) is 5.10 Å². The molecule has 4 aromatic rings. The molecule has 0 unspecified atom stereocenters. The predicted octanol–water partition coefficient (Wildman–Crippen LogP) is 4.14. The number of hydrogen-bond donors (Lipinski definition) is 2. The average Bonchev–Trinajstić information content (AvgIpc) is 3.06. The van der Waals surface area contributed by atoms with E-state index >= 15 is 0 Å². The van der Waals surface area contributed by atoms with Crippen molar-refractivity contribution < 1.29 is 5.11 Å². The lowest BCUT2D eigenvalue weighted by Gasteiger charge is -2.15. The lowest BCUT2D eigenvalue weighted by molar-refractivity contribution is 0.475. The molecule has 0 fully saturated rings. The van der Waals surface area contributed by atoms with Crippen LogP contribution < -0.4 is 0 Å². The van der Waals surface area contributed by atoms with Crippen LogP contribution in [0.1, 0.15) is 24.5 Å². The molecule has 3 aromatic heterocycles. The Morgan fingerprint density at radius 1 is 1.12 bits per heavy atom. The van der Waals surface area contributed by atoms with Crippen LogP contribution in [-0.2, 0) is 6.42 Å². The number of benzene rings is 1. The Morgan fingerprint density at radius 3 is 2.67 bits per heavy atom. The van der Waals surface area contributed by atoms with Crippen molar-refractivity contribution in [1.29, 1.82) is 0 Å². The predicted molar refractivity (Wildman–Crippen MR) is 95.0 cm³/mol. The van der Waals surface area contributed by atoms with Crippen molar-refractivity contribution in [2.75, 3.05) is 0 Å². The fourth-order valence-electron chi connectivity index (χ4n) is 3.30. The van der Waals surface area contributed by atoms with Gasteiger partial charge in [-0.05, 0) is 48.7 Å². The summed E-state index contributed by atoms with van der Waals surface area (Å²) in [6, 6.07) is 7.21. The standard InChI is InChI=1S/C19H18N4O/c1-3-4-14-11(2)17-15-9-21-23-19(15)20-10-16(17)22-18(14)12-5-7-13(24)8-6-12/h5-10,24H,3-4H2,1-2H3,(H,20,21,23). The van der Waals surface area contributed by atoms with Crippen LogP contribution in [-0.4, -0.2) is 25.3 Å². The molecule has 3 heterocycles. The van der Waals surface area contributed by atoms with Crippen molar-refractivity contribution in [3.05, 3.63) is 47.8 Å². The van der Waals surface area contributed by atoms with Crippen molar-refractivity contribution in [2.24, 2.45) is 0 Å². The Balaban J connectivity index is 2.07. The van der Waals surface area contributed by atoms with Crippen LogP contribution in [0.2, 0.25) is 0 Å². The number of pyridine rings is 2. The molecule has 5 nitrogen and oxygen atoms in total. The summed E-state index contributed by atoms with van der Waals surface area (Å²) in [7, 11) is 0. The number of aromatic amines is 1. The molecule has 120 valence electrons. The maximum atomic E-state index is 9.56. The molecule has 0 bridgehead atoms. The number of H-pyrrole nitrogens is 1. The highest BCUT2D eigenvalue weighted by Crippen LogP contribution is 2.33. The summed E-state index contributed by atoms with van der Waals surface area (Å²) in [5, 5.41) is 18.7. The summed E-state index contributed by atoms with van der Waals surface area (Å²) in [6.45, 7) is 4.32. The lowest BCUT2D eigenvalue weighted by atomic mass is 9.94. The van der Waals surface area contributed by atoms with Crippen LogP contribution in [0, 0.1) is 6.92 Å². The third-order valence-electron chi connectivity index (χ3n) is 4.45. The molecule has 0 aliphatic rings. The molecule has 0 radical (unpaired) electrons. The zero-order valence-corrected chi connectivity index (χ0v) is 13.7. The highest BCUT2D eigenvalue weighted by molar-refractivity contribution is 6.05. The van der Waals surface area contributed by atoms with Crippen molar-refractivity contribution >= 4 is 21.9 Å². The van der Waals surface area contributed by atoms with Gasteiger partial charge in [-0.1, -0.05) is 13.3 Å². The fourth-order valence-corrected chi connectivity index (χ4v) is 3.30. The first-order valence-electron chi connectivity index (χ1n) is 8.09. The maximum absolute atomic E-state index is 9.56. The van der Waals surface area contributed by atoms with Crippen molar-refractivity contribution in [3.8, 4) is 17.0 Å². The largest absolute Gasteiger partial charge is 0.508 e.